The van der Waals surface area contributed by atoms with Crippen molar-refractivity contribution < 1.29 is 14.0 Å². The number of H-pyrrole nitrogens is 1. The zero-order valence-corrected chi connectivity index (χ0v) is 24.4. The number of alkyl halides is 1. The van der Waals surface area contributed by atoms with Crippen molar-refractivity contribution in [3.05, 3.63) is 63.2 Å². The molecule has 40 heavy (non-hydrogen) atoms. The summed E-state index contributed by atoms with van der Waals surface area (Å²) in [4.78, 5) is 44.9. The lowest BCUT2D eigenvalue weighted by molar-refractivity contribution is -0.222. The van der Waals surface area contributed by atoms with Gasteiger partial charge in [0.2, 0.25) is 5.91 Å². The molecule has 4 aliphatic rings. The number of likely N-dealkylation sites (tertiary alicyclic amines) is 1. The number of carbonyl (C=O) groups is 2. The average molecular weight is 565 g/mol. The van der Waals surface area contributed by atoms with Gasteiger partial charge in [0.1, 0.15) is 5.67 Å². The molecular weight excluding hydrogens is 527 g/mol. The molecule has 2 amide bonds. The van der Waals surface area contributed by atoms with Crippen LogP contribution in [0.5, 0.6) is 0 Å². The fraction of sp³-hybridized carbons (Fsp3) is 0.516. The van der Waals surface area contributed by atoms with Gasteiger partial charge in [-0.15, -0.1) is 11.8 Å². The van der Waals surface area contributed by atoms with Gasteiger partial charge in [0.25, 0.3) is 11.5 Å². The summed E-state index contributed by atoms with van der Waals surface area (Å²) < 4.78 is 16.3. The van der Waals surface area contributed by atoms with E-state index in [1.165, 1.54) is 11.8 Å². The molecule has 3 aromatic rings. The summed E-state index contributed by atoms with van der Waals surface area (Å²) >= 11 is 1.49. The van der Waals surface area contributed by atoms with Crippen molar-refractivity contribution >= 4 is 34.5 Å². The van der Waals surface area contributed by atoms with Gasteiger partial charge in [0.15, 0.2) is 0 Å². The van der Waals surface area contributed by atoms with Crippen LogP contribution in [0.2, 0.25) is 0 Å². The van der Waals surface area contributed by atoms with Crippen LogP contribution in [0, 0.1) is 25.2 Å². The molecule has 2 N–H and O–H groups in total. The van der Waals surface area contributed by atoms with Gasteiger partial charge in [-0.05, 0) is 77.2 Å². The van der Waals surface area contributed by atoms with Crippen LogP contribution in [0.3, 0.4) is 0 Å². The predicted octanol–water partition coefficient (Wildman–Crippen LogP) is 5.29. The lowest BCUT2D eigenvalue weighted by atomic mass is 9.42. The SMILES string of the molecule is CSc1cc(C)[nH]c(=O)c1CNC(=O)c1c(C)n(C(C)C2CCN(C(=O)C34CC(F)(C3)C4)CC2)c2ccccc12. The smallest absolute Gasteiger partial charge is 0.254 e. The molecule has 7 rings (SSSR count). The number of aromatic amines is 1. The Hall–Kier alpha value is -3.07. The van der Waals surface area contributed by atoms with Gasteiger partial charge >= 0.3 is 0 Å². The van der Waals surface area contributed by atoms with Crippen molar-refractivity contribution in [2.45, 2.75) is 76.0 Å². The summed E-state index contributed by atoms with van der Waals surface area (Å²) in [5.41, 5.74) is 2.23. The molecule has 0 radical (unpaired) electrons. The first-order valence-corrected chi connectivity index (χ1v) is 15.4. The molecule has 1 aliphatic heterocycles. The number of benzene rings is 1. The quantitative estimate of drug-likeness (QED) is 0.382. The zero-order valence-electron chi connectivity index (χ0n) is 23.6. The molecule has 2 bridgehead atoms. The zero-order chi connectivity index (χ0) is 28.4. The number of para-hydroxylation sites is 1. The van der Waals surface area contributed by atoms with Crippen LogP contribution < -0.4 is 10.9 Å². The molecule has 0 spiro atoms. The van der Waals surface area contributed by atoms with Crippen molar-refractivity contribution in [2.75, 3.05) is 19.3 Å². The maximum absolute atomic E-state index is 14.0. The molecule has 7 nitrogen and oxygen atoms in total. The number of halogens is 1. The standard InChI is InChI=1S/C31H37FN4O3S/c1-18-13-25(40-4)23(27(37)34-18)14-33-28(38)26-20(3)36(24-8-6-5-7-22(24)26)19(2)21-9-11-35(12-10-21)29(39)30-15-31(32,16-30)17-30/h5-8,13,19,21H,9-12,14-17H2,1-4H3,(H,33,38)(H,34,37). The van der Waals surface area contributed by atoms with Crippen molar-refractivity contribution in [3.8, 4) is 0 Å². The second-order valence-corrected chi connectivity index (χ2v) is 13.0. The van der Waals surface area contributed by atoms with E-state index in [4.69, 9.17) is 0 Å². The summed E-state index contributed by atoms with van der Waals surface area (Å²) in [6, 6.07) is 10.0. The highest BCUT2D eigenvalue weighted by molar-refractivity contribution is 7.98. The Labute approximate surface area is 237 Å². The van der Waals surface area contributed by atoms with Gasteiger partial charge < -0.3 is 19.8 Å². The molecule has 2 aromatic heterocycles. The minimum atomic E-state index is -1.06. The van der Waals surface area contributed by atoms with Crippen LogP contribution in [-0.4, -0.2) is 51.3 Å². The van der Waals surface area contributed by atoms with E-state index in [0.717, 1.165) is 40.0 Å². The normalized spacial score (nSPS) is 24.9. The van der Waals surface area contributed by atoms with Crippen molar-refractivity contribution in [1.82, 2.24) is 19.8 Å². The number of nitrogens with zero attached hydrogens (tertiary/aromatic N) is 2. The number of carbonyl (C=O) groups excluding carboxylic acids is 2. The number of hydrogen-bond acceptors (Lipinski definition) is 4. The number of fused-ring (bicyclic) bond motifs is 1. The predicted molar refractivity (Wildman–Crippen MR) is 156 cm³/mol. The first kappa shape index (κ1) is 27.1. The van der Waals surface area contributed by atoms with Gasteiger partial charge in [0, 0.05) is 58.4 Å². The highest BCUT2D eigenvalue weighted by atomic mass is 32.2. The van der Waals surface area contributed by atoms with Gasteiger partial charge in [-0.2, -0.15) is 0 Å². The molecule has 1 atom stereocenters. The van der Waals surface area contributed by atoms with Crippen LogP contribution in [0.15, 0.2) is 40.0 Å². The van der Waals surface area contributed by atoms with E-state index in [-0.39, 0.29) is 30.0 Å². The van der Waals surface area contributed by atoms with E-state index in [1.807, 2.05) is 49.3 Å². The van der Waals surface area contributed by atoms with E-state index >= 15 is 0 Å². The van der Waals surface area contributed by atoms with Crippen molar-refractivity contribution in [1.29, 1.82) is 0 Å². The van der Waals surface area contributed by atoms with Gasteiger partial charge in [-0.25, -0.2) is 4.39 Å². The largest absolute Gasteiger partial charge is 0.348 e. The summed E-state index contributed by atoms with van der Waals surface area (Å²) in [5, 5.41) is 3.90. The number of rotatable bonds is 7. The summed E-state index contributed by atoms with van der Waals surface area (Å²) in [5.74, 6) is 0.304. The fourth-order valence-electron chi connectivity index (χ4n) is 7.52. The van der Waals surface area contributed by atoms with Crippen molar-refractivity contribution in [3.63, 3.8) is 0 Å². The number of aromatic nitrogens is 2. The Morgan fingerprint density at radius 3 is 2.50 bits per heavy atom. The van der Waals surface area contributed by atoms with Crippen LogP contribution in [0.1, 0.15) is 72.4 Å². The Balaban J connectivity index is 1.20. The number of thioether (sulfide) groups is 1. The van der Waals surface area contributed by atoms with Gasteiger partial charge in [-0.3, -0.25) is 14.4 Å². The fourth-order valence-corrected chi connectivity index (χ4v) is 8.22. The second-order valence-electron chi connectivity index (χ2n) is 12.2. The second kappa shape index (κ2) is 9.79. The molecule has 9 heteroatoms. The number of piperidine rings is 1. The molecular formula is C31H37FN4O3S. The first-order chi connectivity index (χ1) is 19.1. The summed E-state index contributed by atoms with van der Waals surface area (Å²) in [6.07, 6.45) is 4.91. The van der Waals surface area contributed by atoms with E-state index in [0.29, 0.717) is 49.4 Å². The number of amides is 2. The summed E-state index contributed by atoms with van der Waals surface area (Å²) in [7, 11) is 0. The monoisotopic (exact) mass is 564 g/mol. The van der Waals surface area contributed by atoms with E-state index < -0.39 is 11.1 Å². The number of nitrogens with one attached hydrogen (secondary N) is 2. The molecule has 4 fully saturated rings. The number of pyridine rings is 1. The van der Waals surface area contributed by atoms with Crippen LogP contribution in [-0.2, 0) is 11.3 Å². The molecule has 1 saturated heterocycles. The van der Waals surface area contributed by atoms with Crippen molar-refractivity contribution in [2.24, 2.45) is 11.3 Å². The minimum Gasteiger partial charge on any atom is -0.348 e. The lowest BCUT2D eigenvalue weighted by Crippen LogP contribution is -2.70. The number of hydrogen-bond donors (Lipinski definition) is 2. The first-order valence-electron chi connectivity index (χ1n) is 14.2. The van der Waals surface area contributed by atoms with Gasteiger partial charge in [-0.1, -0.05) is 18.2 Å². The summed E-state index contributed by atoms with van der Waals surface area (Å²) in [6.45, 7) is 7.59. The van der Waals surface area contributed by atoms with E-state index in [9.17, 15) is 18.8 Å². The van der Waals surface area contributed by atoms with Crippen LogP contribution in [0.4, 0.5) is 4.39 Å². The Bertz CT molecular complexity index is 1550. The van der Waals surface area contributed by atoms with E-state index in [1.54, 1.807) is 0 Å². The molecule has 1 aromatic carbocycles. The molecule has 3 saturated carbocycles. The Kier molecular flexibility index (Phi) is 6.63. The lowest BCUT2D eigenvalue weighted by Gasteiger charge is -2.65. The number of aryl methyl sites for hydroxylation is 1. The highest BCUT2D eigenvalue weighted by Gasteiger charge is 2.73. The Morgan fingerprint density at radius 1 is 1.18 bits per heavy atom. The van der Waals surface area contributed by atoms with Crippen LogP contribution >= 0.6 is 11.8 Å². The average Bonchev–Trinajstić information content (AvgIpc) is 3.20. The minimum absolute atomic E-state index is 0.135. The molecule has 3 aliphatic carbocycles. The third kappa shape index (κ3) is 4.28. The third-order valence-electron chi connectivity index (χ3n) is 9.59. The highest BCUT2D eigenvalue weighted by Crippen LogP contribution is 2.70. The molecule has 1 unspecified atom stereocenters. The maximum atomic E-state index is 14.0. The molecule has 212 valence electrons. The van der Waals surface area contributed by atoms with Gasteiger partial charge in [0.05, 0.1) is 11.0 Å². The topological polar surface area (TPSA) is 87.2 Å². The molecule has 3 heterocycles. The maximum Gasteiger partial charge on any atom is 0.254 e. The van der Waals surface area contributed by atoms with E-state index in [2.05, 4.69) is 27.9 Å². The van der Waals surface area contributed by atoms with Crippen LogP contribution in [0.25, 0.3) is 10.9 Å². The Morgan fingerprint density at radius 2 is 1.85 bits per heavy atom. The third-order valence-corrected chi connectivity index (χ3v) is 10.4.